The Hall–Kier alpha value is -1.48. The molecule has 1 amide bonds. The van der Waals surface area contributed by atoms with Gasteiger partial charge in [-0.3, -0.25) is 4.79 Å². The van der Waals surface area contributed by atoms with E-state index in [-0.39, 0.29) is 11.6 Å². The number of carboxylic acids is 1. The van der Waals surface area contributed by atoms with Crippen molar-refractivity contribution in [3.8, 4) is 0 Å². The summed E-state index contributed by atoms with van der Waals surface area (Å²) in [7, 11) is 0. The molecule has 0 fully saturated rings. The molecule has 0 bridgehead atoms. The van der Waals surface area contributed by atoms with Crippen molar-refractivity contribution in [2.45, 2.75) is 13.3 Å². The van der Waals surface area contributed by atoms with Gasteiger partial charge in [0.15, 0.2) is 5.69 Å². The maximum atomic E-state index is 12.1. The van der Waals surface area contributed by atoms with E-state index in [0.29, 0.717) is 23.5 Å². The van der Waals surface area contributed by atoms with Crippen LogP contribution in [0.15, 0.2) is 23.6 Å². The number of carboxylic acid groups (broad SMARTS) is 1. The van der Waals surface area contributed by atoms with Gasteiger partial charge in [0.2, 0.25) is 0 Å². The first-order chi connectivity index (χ1) is 9.99. The van der Waals surface area contributed by atoms with E-state index in [1.165, 1.54) is 16.7 Å². The molecule has 0 saturated carbocycles. The number of carbonyl (C=O) groups is 2. The van der Waals surface area contributed by atoms with E-state index in [0.717, 1.165) is 9.13 Å². The Morgan fingerprint density at radius 2 is 2.19 bits per heavy atom. The molecule has 0 saturated heterocycles. The fraction of sp³-hybridized carbons (Fsp3) is 0.214. The maximum absolute atomic E-state index is 12.1. The minimum absolute atomic E-state index is 0.0505. The summed E-state index contributed by atoms with van der Waals surface area (Å²) in [5.74, 6) is -1.16. The van der Waals surface area contributed by atoms with Crippen LogP contribution in [0.4, 0.5) is 0 Å². The summed E-state index contributed by atoms with van der Waals surface area (Å²) in [4.78, 5) is 26.8. The van der Waals surface area contributed by atoms with Gasteiger partial charge in [0, 0.05) is 21.9 Å². The summed E-state index contributed by atoms with van der Waals surface area (Å²) >= 11 is 3.44. The molecule has 2 N–H and O–H groups in total. The van der Waals surface area contributed by atoms with Gasteiger partial charge in [-0.15, -0.1) is 11.3 Å². The first-order valence-corrected chi connectivity index (χ1v) is 8.16. The Morgan fingerprint density at radius 1 is 1.43 bits per heavy atom. The fourth-order valence-electron chi connectivity index (χ4n) is 1.72. The highest BCUT2D eigenvalue weighted by Gasteiger charge is 2.12. The Morgan fingerprint density at radius 3 is 2.86 bits per heavy atom. The molecule has 1 aromatic carbocycles. The number of hydrogen-bond donors (Lipinski definition) is 2. The molecule has 1 aromatic heterocycles. The number of halogens is 1. The van der Waals surface area contributed by atoms with Crippen molar-refractivity contribution in [2.75, 3.05) is 6.54 Å². The van der Waals surface area contributed by atoms with Crippen LogP contribution >= 0.6 is 33.9 Å². The van der Waals surface area contributed by atoms with E-state index in [1.807, 2.05) is 19.1 Å². The van der Waals surface area contributed by atoms with E-state index >= 15 is 0 Å². The number of benzene rings is 1. The van der Waals surface area contributed by atoms with Crippen LogP contribution in [0.1, 0.15) is 31.4 Å². The van der Waals surface area contributed by atoms with Crippen molar-refractivity contribution in [1.82, 2.24) is 10.3 Å². The van der Waals surface area contributed by atoms with Crippen molar-refractivity contribution in [2.24, 2.45) is 0 Å². The lowest BCUT2D eigenvalue weighted by molar-refractivity contribution is 0.0690. The SMILES string of the molecule is Cc1cccc(C(=O)NCCc2nc(C(=O)O)cs2)c1I. The van der Waals surface area contributed by atoms with E-state index in [4.69, 9.17) is 5.11 Å². The minimum atomic E-state index is -1.03. The van der Waals surface area contributed by atoms with Crippen LogP contribution in [0.3, 0.4) is 0 Å². The molecular weight excluding hydrogens is 403 g/mol. The molecule has 0 atom stereocenters. The molecule has 0 spiro atoms. The lowest BCUT2D eigenvalue weighted by Gasteiger charge is -2.07. The molecule has 0 aliphatic carbocycles. The highest BCUT2D eigenvalue weighted by molar-refractivity contribution is 14.1. The van der Waals surface area contributed by atoms with Gasteiger partial charge in [-0.1, -0.05) is 12.1 Å². The molecule has 5 nitrogen and oxygen atoms in total. The van der Waals surface area contributed by atoms with Gasteiger partial charge in [0.1, 0.15) is 0 Å². The standard InChI is InChI=1S/C14H13IN2O3S/c1-8-3-2-4-9(12(8)15)13(18)16-6-5-11-17-10(7-21-11)14(19)20/h2-4,7H,5-6H2,1H3,(H,16,18)(H,19,20). The number of aryl methyl sites for hydroxylation is 1. The summed E-state index contributed by atoms with van der Waals surface area (Å²) in [5.41, 5.74) is 1.77. The number of nitrogens with one attached hydrogen (secondary N) is 1. The van der Waals surface area contributed by atoms with Crippen LogP contribution in [0.2, 0.25) is 0 Å². The number of hydrogen-bond acceptors (Lipinski definition) is 4. The molecular formula is C14H13IN2O3S. The number of nitrogens with zero attached hydrogens (tertiary/aromatic N) is 1. The van der Waals surface area contributed by atoms with Crippen molar-refractivity contribution in [3.63, 3.8) is 0 Å². The predicted molar refractivity (Wildman–Crippen MR) is 89.0 cm³/mol. The predicted octanol–water partition coefficient (Wildman–Crippen LogP) is 2.73. The van der Waals surface area contributed by atoms with E-state index in [2.05, 4.69) is 32.9 Å². The van der Waals surface area contributed by atoms with Gasteiger partial charge in [-0.25, -0.2) is 9.78 Å². The molecule has 2 aromatic rings. The molecule has 0 aliphatic rings. The largest absolute Gasteiger partial charge is 0.476 e. The van der Waals surface area contributed by atoms with Crippen molar-refractivity contribution < 1.29 is 14.7 Å². The van der Waals surface area contributed by atoms with Crippen LogP contribution in [-0.2, 0) is 6.42 Å². The Kier molecular flexibility index (Phi) is 5.29. The van der Waals surface area contributed by atoms with Crippen LogP contribution in [0, 0.1) is 10.5 Å². The normalized spacial score (nSPS) is 10.4. The van der Waals surface area contributed by atoms with Gasteiger partial charge in [0.25, 0.3) is 5.91 Å². The Balaban J connectivity index is 1.92. The summed E-state index contributed by atoms with van der Waals surface area (Å²) in [6.45, 7) is 2.39. The third-order valence-corrected chi connectivity index (χ3v) is 5.17. The van der Waals surface area contributed by atoms with E-state index in [1.54, 1.807) is 6.07 Å². The molecule has 21 heavy (non-hydrogen) atoms. The average Bonchev–Trinajstić information content (AvgIpc) is 2.91. The molecule has 1 heterocycles. The minimum Gasteiger partial charge on any atom is -0.476 e. The second-order valence-corrected chi connectivity index (χ2v) is 6.40. The second-order valence-electron chi connectivity index (χ2n) is 4.37. The van der Waals surface area contributed by atoms with Crippen molar-refractivity contribution >= 4 is 45.8 Å². The topological polar surface area (TPSA) is 79.3 Å². The van der Waals surface area contributed by atoms with Crippen LogP contribution < -0.4 is 5.32 Å². The number of rotatable bonds is 5. The third-order valence-electron chi connectivity index (χ3n) is 2.83. The van der Waals surface area contributed by atoms with Crippen LogP contribution in [-0.4, -0.2) is 28.5 Å². The summed E-state index contributed by atoms with van der Waals surface area (Å²) < 4.78 is 0.940. The quantitative estimate of drug-likeness (QED) is 0.735. The van der Waals surface area contributed by atoms with Gasteiger partial charge < -0.3 is 10.4 Å². The lowest BCUT2D eigenvalue weighted by atomic mass is 10.1. The number of amides is 1. The summed E-state index contributed by atoms with van der Waals surface area (Å²) in [5, 5.41) is 13.8. The third kappa shape index (κ3) is 4.01. The van der Waals surface area contributed by atoms with Crippen molar-refractivity contribution in [3.05, 3.63) is 49.0 Å². The van der Waals surface area contributed by atoms with Gasteiger partial charge in [-0.05, 0) is 41.1 Å². The van der Waals surface area contributed by atoms with Crippen LogP contribution in [0.5, 0.6) is 0 Å². The Labute approximate surface area is 139 Å². The maximum Gasteiger partial charge on any atom is 0.355 e. The highest BCUT2D eigenvalue weighted by Crippen LogP contribution is 2.16. The van der Waals surface area contributed by atoms with E-state index < -0.39 is 5.97 Å². The van der Waals surface area contributed by atoms with Crippen LogP contribution in [0.25, 0.3) is 0 Å². The number of aromatic carboxylic acids is 1. The highest BCUT2D eigenvalue weighted by atomic mass is 127. The monoisotopic (exact) mass is 416 g/mol. The van der Waals surface area contributed by atoms with Crippen molar-refractivity contribution in [1.29, 1.82) is 0 Å². The average molecular weight is 416 g/mol. The molecule has 7 heteroatoms. The molecule has 110 valence electrons. The van der Waals surface area contributed by atoms with Gasteiger partial charge >= 0.3 is 5.97 Å². The molecule has 0 aliphatic heterocycles. The second kappa shape index (κ2) is 6.99. The zero-order valence-electron chi connectivity index (χ0n) is 11.2. The number of thiazole rings is 1. The van der Waals surface area contributed by atoms with Gasteiger partial charge in [0.05, 0.1) is 10.6 Å². The number of carbonyl (C=O) groups excluding carboxylic acids is 1. The zero-order chi connectivity index (χ0) is 15.4. The van der Waals surface area contributed by atoms with E-state index in [9.17, 15) is 9.59 Å². The molecule has 2 rings (SSSR count). The lowest BCUT2D eigenvalue weighted by Crippen LogP contribution is -2.26. The van der Waals surface area contributed by atoms with Gasteiger partial charge in [-0.2, -0.15) is 0 Å². The first kappa shape index (κ1) is 15.9. The number of aromatic nitrogens is 1. The molecule has 0 radical (unpaired) electrons. The first-order valence-electron chi connectivity index (χ1n) is 6.20. The Bertz CT molecular complexity index is 685. The molecule has 0 unspecified atom stereocenters. The fourth-order valence-corrected chi connectivity index (χ4v) is 3.10. The smallest absolute Gasteiger partial charge is 0.355 e. The summed E-state index contributed by atoms with van der Waals surface area (Å²) in [6.07, 6.45) is 0.520. The summed E-state index contributed by atoms with van der Waals surface area (Å²) in [6, 6.07) is 5.60. The zero-order valence-corrected chi connectivity index (χ0v) is 14.2.